The van der Waals surface area contributed by atoms with Crippen molar-refractivity contribution in [3.63, 3.8) is 0 Å². The van der Waals surface area contributed by atoms with E-state index in [-0.39, 0.29) is 30.3 Å². The Hall–Kier alpha value is -1.79. The van der Waals surface area contributed by atoms with Gasteiger partial charge >= 0.3 is 0 Å². The molecule has 0 bridgehead atoms. The first-order valence-corrected chi connectivity index (χ1v) is 10.4. The summed E-state index contributed by atoms with van der Waals surface area (Å²) in [5, 5.41) is 7.06. The maximum atomic E-state index is 12.3. The van der Waals surface area contributed by atoms with E-state index < -0.39 is 0 Å². The maximum absolute atomic E-state index is 12.3. The fourth-order valence-electron chi connectivity index (χ4n) is 3.97. The molecule has 0 saturated heterocycles. The summed E-state index contributed by atoms with van der Waals surface area (Å²) in [6, 6.07) is 0.638. The van der Waals surface area contributed by atoms with Crippen molar-refractivity contribution in [3.05, 3.63) is 0 Å². The van der Waals surface area contributed by atoms with E-state index in [2.05, 4.69) is 15.6 Å². The Morgan fingerprint density at radius 3 is 2.11 bits per heavy atom. The number of hydrogen-bond donors (Lipinski definition) is 2. The number of hydrogen-bond acceptors (Lipinski definition) is 3. The summed E-state index contributed by atoms with van der Waals surface area (Å²) >= 11 is 0. The summed E-state index contributed by atoms with van der Waals surface area (Å²) < 4.78 is 0. The van der Waals surface area contributed by atoms with E-state index in [9.17, 15) is 9.59 Å². The lowest BCUT2D eigenvalue weighted by Crippen LogP contribution is -2.50. The average molecular weight is 380 g/mol. The molecule has 2 amide bonds. The molecule has 2 rings (SSSR count). The molecule has 2 aliphatic rings. The first kappa shape index (κ1) is 21.5. The number of rotatable bonds is 5. The fraction of sp³-hybridized carbons (Fsp3) is 0.850. The van der Waals surface area contributed by atoms with E-state index in [1.807, 2.05) is 14.1 Å². The van der Waals surface area contributed by atoms with Gasteiger partial charge in [0.25, 0.3) is 0 Å². The topological polar surface area (TPSA) is 77.0 Å². The fourth-order valence-corrected chi connectivity index (χ4v) is 3.97. The second kappa shape index (κ2) is 10.5. The standard InChI is InChI=1S/C20H37N5O2/c1-24(2)18(26)14-21-20(22-16-10-6-5-7-11-16)23-17-12-8-9-15(13-17)19(27)25(3)4/h15-17H,5-14H2,1-4H3,(H2,21,22,23). The molecule has 2 N–H and O–H groups in total. The Bertz CT molecular complexity index is 526. The summed E-state index contributed by atoms with van der Waals surface area (Å²) in [5.41, 5.74) is 0. The number of nitrogens with one attached hydrogen (secondary N) is 2. The number of aliphatic imine (C=N–C) groups is 1. The quantitative estimate of drug-likeness (QED) is 0.562. The second-order valence-corrected chi connectivity index (χ2v) is 8.37. The highest BCUT2D eigenvalue weighted by atomic mass is 16.2. The number of carbonyl (C=O) groups excluding carboxylic acids is 2. The Morgan fingerprint density at radius 1 is 0.852 bits per heavy atom. The molecule has 0 aromatic heterocycles. The molecule has 2 atom stereocenters. The van der Waals surface area contributed by atoms with Crippen LogP contribution in [0.15, 0.2) is 4.99 Å². The number of amides is 2. The molecular weight excluding hydrogens is 342 g/mol. The zero-order valence-electron chi connectivity index (χ0n) is 17.5. The predicted molar refractivity (Wildman–Crippen MR) is 109 cm³/mol. The lowest BCUT2D eigenvalue weighted by Gasteiger charge is -2.33. The molecule has 0 heterocycles. The average Bonchev–Trinajstić information content (AvgIpc) is 2.66. The highest BCUT2D eigenvalue weighted by Crippen LogP contribution is 2.25. The van der Waals surface area contributed by atoms with Gasteiger partial charge in [-0.15, -0.1) is 0 Å². The van der Waals surface area contributed by atoms with Gasteiger partial charge in [0.2, 0.25) is 11.8 Å². The van der Waals surface area contributed by atoms with Crippen LogP contribution in [0.5, 0.6) is 0 Å². The lowest BCUT2D eigenvalue weighted by atomic mass is 9.85. The third kappa shape index (κ3) is 7.03. The Balaban J connectivity index is 1.99. The molecule has 2 aliphatic carbocycles. The molecule has 0 aromatic carbocycles. The first-order valence-electron chi connectivity index (χ1n) is 10.4. The Morgan fingerprint density at radius 2 is 1.48 bits per heavy atom. The van der Waals surface area contributed by atoms with Gasteiger partial charge in [-0.3, -0.25) is 9.59 Å². The van der Waals surface area contributed by atoms with Crippen LogP contribution in [0.2, 0.25) is 0 Å². The third-order valence-electron chi connectivity index (χ3n) is 5.62. The molecule has 0 aromatic rings. The molecule has 2 unspecified atom stereocenters. The van der Waals surface area contributed by atoms with Crippen molar-refractivity contribution in [1.29, 1.82) is 0 Å². The van der Waals surface area contributed by atoms with Crippen molar-refractivity contribution in [3.8, 4) is 0 Å². The van der Waals surface area contributed by atoms with Gasteiger partial charge in [-0.05, 0) is 32.1 Å². The van der Waals surface area contributed by atoms with Gasteiger partial charge in [0.15, 0.2) is 5.96 Å². The lowest BCUT2D eigenvalue weighted by molar-refractivity contribution is -0.134. The zero-order chi connectivity index (χ0) is 19.8. The van der Waals surface area contributed by atoms with Crippen LogP contribution >= 0.6 is 0 Å². The van der Waals surface area contributed by atoms with E-state index in [0.717, 1.165) is 44.5 Å². The number of guanidine groups is 1. The van der Waals surface area contributed by atoms with Crippen LogP contribution in [0.1, 0.15) is 57.8 Å². The molecule has 0 aliphatic heterocycles. The molecule has 0 radical (unpaired) electrons. The minimum absolute atomic E-state index is 0.0101. The molecular formula is C20H37N5O2. The van der Waals surface area contributed by atoms with Crippen LogP contribution < -0.4 is 10.6 Å². The van der Waals surface area contributed by atoms with Crippen LogP contribution in [-0.4, -0.2) is 74.4 Å². The monoisotopic (exact) mass is 379 g/mol. The molecule has 154 valence electrons. The van der Waals surface area contributed by atoms with E-state index in [1.54, 1.807) is 23.9 Å². The molecule has 7 nitrogen and oxygen atoms in total. The van der Waals surface area contributed by atoms with Gasteiger partial charge in [-0.1, -0.05) is 25.7 Å². The maximum Gasteiger partial charge on any atom is 0.243 e. The summed E-state index contributed by atoms with van der Waals surface area (Å²) in [7, 11) is 7.14. The molecule has 7 heteroatoms. The first-order chi connectivity index (χ1) is 12.9. The summed E-state index contributed by atoms with van der Waals surface area (Å²) in [5.74, 6) is 0.998. The number of likely N-dealkylation sites (N-methyl/N-ethyl adjacent to an activating group) is 1. The number of carbonyl (C=O) groups is 2. The second-order valence-electron chi connectivity index (χ2n) is 8.37. The van der Waals surface area contributed by atoms with Crippen LogP contribution in [0.3, 0.4) is 0 Å². The third-order valence-corrected chi connectivity index (χ3v) is 5.62. The van der Waals surface area contributed by atoms with E-state index >= 15 is 0 Å². The number of nitrogens with zero attached hydrogens (tertiary/aromatic N) is 3. The highest BCUT2D eigenvalue weighted by Gasteiger charge is 2.29. The van der Waals surface area contributed by atoms with E-state index in [4.69, 9.17) is 0 Å². The molecule has 27 heavy (non-hydrogen) atoms. The van der Waals surface area contributed by atoms with Crippen molar-refractivity contribution >= 4 is 17.8 Å². The molecule has 2 fully saturated rings. The van der Waals surface area contributed by atoms with Crippen molar-refractivity contribution in [1.82, 2.24) is 20.4 Å². The van der Waals surface area contributed by atoms with Gasteiger partial charge in [0.05, 0.1) is 0 Å². The Kier molecular flexibility index (Phi) is 8.38. The highest BCUT2D eigenvalue weighted by molar-refractivity contribution is 5.85. The SMILES string of the molecule is CN(C)C(=O)CN=C(NC1CCCCC1)NC1CCCC(C(=O)N(C)C)C1. The van der Waals surface area contributed by atoms with Gasteiger partial charge < -0.3 is 20.4 Å². The van der Waals surface area contributed by atoms with E-state index in [1.165, 1.54) is 19.3 Å². The summed E-state index contributed by atoms with van der Waals surface area (Å²) in [6.07, 6.45) is 9.92. The van der Waals surface area contributed by atoms with E-state index in [0.29, 0.717) is 6.04 Å². The zero-order valence-corrected chi connectivity index (χ0v) is 17.5. The van der Waals surface area contributed by atoms with Gasteiger partial charge in [-0.2, -0.15) is 0 Å². The molecule has 0 spiro atoms. The van der Waals surface area contributed by atoms with Gasteiger partial charge in [0.1, 0.15) is 6.54 Å². The predicted octanol–water partition coefficient (Wildman–Crippen LogP) is 1.59. The summed E-state index contributed by atoms with van der Waals surface area (Å²) in [4.78, 5) is 32.1. The van der Waals surface area contributed by atoms with Crippen molar-refractivity contribution < 1.29 is 9.59 Å². The van der Waals surface area contributed by atoms with Crippen molar-refractivity contribution in [2.75, 3.05) is 34.7 Å². The van der Waals surface area contributed by atoms with Crippen LogP contribution in [0, 0.1) is 5.92 Å². The Labute approximate surface area is 163 Å². The van der Waals surface area contributed by atoms with Crippen LogP contribution in [-0.2, 0) is 9.59 Å². The van der Waals surface area contributed by atoms with Gasteiger partial charge in [-0.25, -0.2) is 4.99 Å². The van der Waals surface area contributed by atoms with Crippen LogP contribution in [0.25, 0.3) is 0 Å². The normalized spacial score (nSPS) is 24.2. The van der Waals surface area contributed by atoms with Crippen LogP contribution in [0.4, 0.5) is 0 Å². The minimum atomic E-state index is -0.0101. The smallest absolute Gasteiger partial charge is 0.243 e. The largest absolute Gasteiger partial charge is 0.354 e. The van der Waals surface area contributed by atoms with Crippen molar-refractivity contribution in [2.45, 2.75) is 69.9 Å². The molecule has 2 saturated carbocycles. The minimum Gasteiger partial charge on any atom is -0.354 e. The van der Waals surface area contributed by atoms with Crippen molar-refractivity contribution in [2.24, 2.45) is 10.9 Å². The summed E-state index contributed by atoms with van der Waals surface area (Å²) in [6.45, 7) is 0.141. The van der Waals surface area contributed by atoms with Gasteiger partial charge in [0, 0.05) is 46.2 Å².